The van der Waals surface area contributed by atoms with E-state index in [0.717, 1.165) is 22.7 Å². The fraction of sp³-hybridized carbons (Fsp3) is 0.0492. The molecule has 1 aliphatic heterocycles. The molecule has 0 radical (unpaired) electrons. The zero-order chi connectivity index (χ0) is 42.3. The number of fused-ring (bicyclic) bond motifs is 10. The number of hydrogen-bond donors (Lipinski definition) is 0. The molecule has 1 aliphatic carbocycles. The minimum Gasteiger partial charge on any atom is -0.308 e. The Labute approximate surface area is 371 Å². The maximum atomic E-state index is 2.56. The van der Waals surface area contributed by atoms with Gasteiger partial charge in [0, 0.05) is 55.0 Å². The Morgan fingerprint density at radius 1 is 0.375 bits per heavy atom. The molecular formula is C61H41N3. The number of aromatic nitrogens is 2. The van der Waals surface area contributed by atoms with Crippen LogP contribution >= 0.6 is 0 Å². The molecule has 12 aromatic rings. The highest BCUT2D eigenvalue weighted by atomic mass is 15.2. The quantitative estimate of drug-likeness (QED) is 0.169. The van der Waals surface area contributed by atoms with Crippen molar-refractivity contribution in [2.24, 2.45) is 0 Å². The molecule has 10 aromatic carbocycles. The van der Waals surface area contributed by atoms with E-state index in [9.17, 15) is 0 Å². The van der Waals surface area contributed by atoms with Crippen LogP contribution < -0.4 is 4.90 Å². The van der Waals surface area contributed by atoms with E-state index in [1.807, 2.05) is 0 Å². The highest BCUT2D eigenvalue weighted by Crippen LogP contribution is 2.61. The van der Waals surface area contributed by atoms with Crippen molar-refractivity contribution in [3.05, 3.63) is 223 Å². The predicted octanol–water partition coefficient (Wildman–Crippen LogP) is 16.5. The van der Waals surface area contributed by atoms with Gasteiger partial charge in [0.15, 0.2) is 0 Å². The van der Waals surface area contributed by atoms with Crippen LogP contribution in [0.5, 0.6) is 0 Å². The first-order valence-electron chi connectivity index (χ1n) is 22.4. The fourth-order valence-electron chi connectivity index (χ4n) is 11.6. The molecule has 0 saturated heterocycles. The number of para-hydroxylation sites is 5. The smallest absolute Gasteiger partial charge is 0.0782 e. The van der Waals surface area contributed by atoms with Gasteiger partial charge in [0.25, 0.3) is 0 Å². The summed E-state index contributed by atoms with van der Waals surface area (Å²) in [7, 11) is 0. The van der Waals surface area contributed by atoms with Gasteiger partial charge >= 0.3 is 0 Å². The van der Waals surface area contributed by atoms with Crippen LogP contribution in [0.1, 0.15) is 25.0 Å². The third-order valence-corrected chi connectivity index (χ3v) is 14.4. The first-order chi connectivity index (χ1) is 31.6. The Morgan fingerprint density at radius 2 is 0.969 bits per heavy atom. The Hall–Kier alpha value is -8.14. The van der Waals surface area contributed by atoms with E-state index in [-0.39, 0.29) is 5.41 Å². The molecule has 14 rings (SSSR count). The van der Waals surface area contributed by atoms with Crippen LogP contribution in [0.4, 0.5) is 17.1 Å². The summed E-state index contributed by atoms with van der Waals surface area (Å²) in [6, 6.07) is 78.9. The van der Waals surface area contributed by atoms with Crippen LogP contribution in [0.25, 0.3) is 99.1 Å². The first-order valence-corrected chi connectivity index (χ1v) is 22.4. The van der Waals surface area contributed by atoms with E-state index in [0.29, 0.717) is 0 Å². The van der Waals surface area contributed by atoms with Gasteiger partial charge in [0.05, 0.1) is 39.1 Å². The van der Waals surface area contributed by atoms with Gasteiger partial charge in [-0.05, 0) is 93.2 Å². The van der Waals surface area contributed by atoms with Crippen molar-refractivity contribution < 1.29 is 0 Å². The molecule has 0 atom stereocenters. The lowest BCUT2D eigenvalue weighted by atomic mass is 9.81. The summed E-state index contributed by atoms with van der Waals surface area (Å²) in [4.78, 5) is 2.56. The van der Waals surface area contributed by atoms with Gasteiger partial charge in [0.1, 0.15) is 0 Å². The van der Waals surface area contributed by atoms with Crippen molar-refractivity contribution in [1.29, 1.82) is 0 Å². The van der Waals surface area contributed by atoms with Crippen LogP contribution in [-0.2, 0) is 5.41 Å². The molecule has 3 nitrogen and oxygen atoms in total. The van der Waals surface area contributed by atoms with Gasteiger partial charge in [-0.1, -0.05) is 172 Å². The highest BCUT2D eigenvalue weighted by molar-refractivity contribution is 6.21. The number of benzene rings is 10. The average molecular weight is 816 g/mol. The number of nitrogens with zero attached hydrogens (tertiary/aromatic N) is 3. The second kappa shape index (κ2) is 12.9. The van der Waals surface area contributed by atoms with Gasteiger partial charge < -0.3 is 14.0 Å². The molecule has 300 valence electrons. The standard InChI is InChI=1S/C61H41N3/c1-61(2)49-36-37-54(56-48-23-10-13-28-53(48)64-52-27-12-9-22-45(52)47-34-35-50(61)58(57(49)56)60(47)64)62(41-32-30-39(31-33-41)43-24-14-17-38-16-6-7-20-42(38)43)55-29-15-25-46-44-21-8-11-26-51(44)63(59(46)55)40-18-4-3-5-19-40/h3-37H,1-2H3. The molecule has 0 N–H and O–H groups in total. The molecule has 0 bridgehead atoms. The molecule has 3 heteroatoms. The largest absolute Gasteiger partial charge is 0.308 e. The van der Waals surface area contributed by atoms with Crippen LogP contribution in [-0.4, -0.2) is 9.13 Å². The summed E-state index contributed by atoms with van der Waals surface area (Å²) in [5, 5.41) is 7.53. The van der Waals surface area contributed by atoms with Crippen molar-refractivity contribution in [3.63, 3.8) is 0 Å². The van der Waals surface area contributed by atoms with E-state index in [4.69, 9.17) is 0 Å². The Morgan fingerprint density at radius 3 is 1.78 bits per heavy atom. The topological polar surface area (TPSA) is 13.1 Å². The van der Waals surface area contributed by atoms with Gasteiger partial charge in [-0.3, -0.25) is 0 Å². The third kappa shape index (κ3) is 4.65. The van der Waals surface area contributed by atoms with E-state index < -0.39 is 0 Å². The lowest BCUT2D eigenvalue weighted by Gasteiger charge is -2.31. The maximum absolute atomic E-state index is 2.56. The molecule has 0 amide bonds. The van der Waals surface area contributed by atoms with E-state index in [1.54, 1.807) is 0 Å². The zero-order valence-corrected chi connectivity index (χ0v) is 35.5. The summed E-state index contributed by atoms with van der Waals surface area (Å²) in [6.45, 7) is 4.83. The molecular weight excluding hydrogens is 775 g/mol. The molecule has 2 aliphatic rings. The second-order valence-corrected chi connectivity index (χ2v) is 18.0. The van der Waals surface area contributed by atoms with Crippen molar-refractivity contribution in [1.82, 2.24) is 9.13 Å². The molecule has 0 fully saturated rings. The normalized spacial score (nSPS) is 13.3. The summed E-state index contributed by atoms with van der Waals surface area (Å²) in [5.74, 6) is 0. The predicted molar refractivity (Wildman–Crippen MR) is 269 cm³/mol. The minimum atomic E-state index is -0.204. The molecule has 0 unspecified atom stereocenters. The van der Waals surface area contributed by atoms with E-state index in [1.165, 1.54) is 105 Å². The molecule has 0 saturated carbocycles. The van der Waals surface area contributed by atoms with E-state index in [2.05, 4.69) is 240 Å². The second-order valence-electron chi connectivity index (χ2n) is 18.0. The number of rotatable bonds is 5. The molecule has 3 heterocycles. The monoisotopic (exact) mass is 815 g/mol. The van der Waals surface area contributed by atoms with Crippen molar-refractivity contribution in [2.75, 3.05) is 4.90 Å². The summed E-state index contributed by atoms with van der Waals surface area (Å²) >= 11 is 0. The fourth-order valence-corrected chi connectivity index (χ4v) is 11.6. The SMILES string of the molecule is CC1(C)c2ccc(N(c3ccc(-c4cccc5ccccc45)cc3)c3cccc4c5ccccc5n(-c5ccccc5)c34)c3c2-c2c1ccc1c4ccccc4n(c21)-c1ccccc1-3. The maximum Gasteiger partial charge on any atom is 0.0782 e. The Kier molecular flexibility index (Phi) is 7.17. The molecule has 64 heavy (non-hydrogen) atoms. The van der Waals surface area contributed by atoms with Crippen LogP contribution in [0.2, 0.25) is 0 Å². The third-order valence-electron chi connectivity index (χ3n) is 14.4. The molecule has 2 aromatic heterocycles. The summed E-state index contributed by atoms with van der Waals surface area (Å²) in [5.41, 5.74) is 20.7. The lowest BCUT2D eigenvalue weighted by molar-refractivity contribution is 0.661. The van der Waals surface area contributed by atoms with Crippen molar-refractivity contribution in [2.45, 2.75) is 19.3 Å². The lowest BCUT2D eigenvalue weighted by Crippen LogP contribution is -2.17. The van der Waals surface area contributed by atoms with Gasteiger partial charge in [-0.15, -0.1) is 0 Å². The highest BCUT2D eigenvalue weighted by Gasteiger charge is 2.42. The first kappa shape index (κ1) is 35.5. The average Bonchev–Trinajstić information content (AvgIpc) is 3.91. The zero-order valence-electron chi connectivity index (χ0n) is 35.5. The summed E-state index contributed by atoms with van der Waals surface area (Å²) < 4.78 is 5.03. The van der Waals surface area contributed by atoms with Crippen molar-refractivity contribution >= 4 is 71.4 Å². The Bertz CT molecular complexity index is 3920. The van der Waals surface area contributed by atoms with Crippen LogP contribution in [0.15, 0.2) is 212 Å². The van der Waals surface area contributed by atoms with Gasteiger partial charge in [0.2, 0.25) is 0 Å². The minimum absolute atomic E-state index is 0.204. The van der Waals surface area contributed by atoms with Crippen LogP contribution in [0, 0.1) is 0 Å². The number of hydrogen-bond acceptors (Lipinski definition) is 1. The van der Waals surface area contributed by atoms with E-state index >= 15 is 0 Å². The molecule has 0 spiro atoms. The summed E-state index contributed by atoms with van der Waals surface area (Å²) in [6.07, 6.45) is 0. The Balaban J connectivity index is 1.12. The number of anilines is 3. The van der Waals surface area contributed by atoms with Gasteiger partial charge in [-0.2, -0.15) is 0 Å². The van der Waals surface area contributed by atoms with Crippen molar-refractivity contribution in [3.8, 4) is 44.8 Å². The van der Waals surface area contributed by atoms with Crippen LogP contribution in [0.3, 0.4) is 0 Å². The van der Waals surface area contributed by atoms with Gasteiger partial charge in [-0.25, -0.2) is 0 Å².